The van der Waals surface area contributed by atoms with Gasteiger partial charge in [-0.2, -0.15) is 0 Å². The number of hydrogen-bond donors (Lipinski definition) is 0. The summed E-state index contributed by atoms with van der Waals surface area (Å²) in [5, 5.41) is 0. The molecule has 66 heavy (non-hydrogen) atoms. The molecule has 0 N–H and O–H groups in total. The number of carbonyl (C=O) groups is 3. The number of hydrogen-bond acceptors (Lipinski definition) is 6. The van der Waals surface area contributed by atoms with E-state index < -0.39 is 6.10 Å². The highest BCUT2D eigenvalue weighted by Crippen LogP contribution is 2.17. The minimum absolute atomic E-state index is 0.0801. The van der Waals surface area contributed by atoms with E-state index in [1.165, 1.54) is 154 Å². The zero-order valence-corrected chi connectivity index (χ0v) is 44.0. The Bertz CT molecular complexity index is 1150. The van der Waals surface area contributed by atoms with Crippen LogP contribution in [-0.2, 0) is 28.6 Å². The number of carbonyl (C=O) groups excluding carboxylic acids is 3. The molecule has 0 aliphatic rings. The zero-order chi connectivity index (χ0) is 47.9. The molecule has 1 atom stereocenters. The van der Waals surface area contributed by atoms with Gasteiger partial charge >= 0.3 is 17.9 Å². The summed E-state index contributed by atoms with van der Waals surface area (Å²) in [6.07, 6.45) is 66.8. The van der Waals surface area contributed by atoms with Crippen molar-refractivity contribution in [1.82, 2.24) is 0 Å². The highest BCUT2D eigenvalue weighted by molar-refractivity contribution is 5.71. The summed E-state index contributed by atoms with van der Waals surface area (Å²) < 4.78 is 16.8. The maximum Gasteiger partial charge on any atom is 0.306 e. The van der Waals surface area contributed by atoms with Gasteiger partial charge in [0.05, 0.1) is 0 Å². The first-order chi connectivity index (χ1) is 32.5. The Morgan fingerprint density at radius 2 is 0.606 bits per heavy atom. The molecule has 0 fully saturated rings. The summed E-state index contributed by atoms with van der Waals surface area (Å²) in [5.74, 6) is -0.895. The lowest BCUT2D eigenvalue weighted by Gasteiger charge is -2.18. The van der Waals surface area contributed by atoms with Gasteiger partial charge in [-0.1, -0.05) is 256 Å². The molecule has 0 heterocycles. The van der Waals surface area contributed by atoms with E-state index in [0.29, 0.717) is 19.3 Å². The van der Waals surface area contributed by atoms with Crippen molar-refractivity contribution in [3.63, 3.8) is 0 Å². The predicted octanol–water partition coefficient (Wildman–Crippen LogP) is 19.0. The summed E-state index contributed by atoms with van der Waals surface area (Å²) in [7, 11) is 0. The fraction of sp³-hybridized carbons (Fsp3) is 0.817. The van der Waals surface area contributed by atoms with Gasteiger partial charge in [0.1, 0.15) is 13.2 Å². The van der Waals surface area contributed by atoms with Gasteiger partial charge in [0.15, 0.2) is 6.10 Å². The standard InChI is InChI=1S/C60H108O6/c1-4-7-10-13-16-19-22-24-26-27-28-29-30-31-32-34-35-38-41-44-47-50-53-59(62)65-56-57(55-64-58(61)52-49-46-43-40-37-21-18-15-12-9-6-3)66-60(63)54-51-48-45-42-39-36-33-25-23-20-17-14-11-8-5-2/h8,11,15,17-18,20,25,33,57H,4-7,9-10,12-14,16,19,21-24,26-32,34-56H2,1-3H3/b11-8-,18-15-,20-17-,33-25-. The molecule has 0 saturated carbocycles. The minimum Gasteiger partial charge on any atom is -0.462 e. The van der Waals surface area contributed by atoms with Crippen molar-refractivity contribution in [1.29, 1.82) is 0 Å². The molecule has 6 heteroatoms. The van der Waals surface area contributed by atoms with Crippen LogP contribution in [0.3, 0.4) is 0 Å². The van der Waals surface area contributed by atoms with Crippen LogP contribution in [0.5, 0.6) is 0 Å². The van der Waals surface area contributed by atoms with E-state index in [1.54, 1.807) is 0 Å². The fourth-order valence-electron chi connectivity index (χ4n) is 8.26. The third-order valence-corrected chi connectivity index (χ3v) is 12.6. The SMILES string of the molecule is CC/C=C\C/C=C\C/C=C\CCCCCCCC(=O)OC(COC(=O)CCCCCCC/C=C\CCCC)COC(=O)CCCCCCCCCCCCCCCCCCCCCCCC. The lowest BCUT2D eigenvalue weighted by atomic mass is 10.0. The molecule has 0 aromatic carbocycles. The van der Waals surface area contributed by atoms with E-state index >= 15 is 0 Å². The Hall–Kier alpha value is -2.63. The molecular weight excluding hydrogens is 817 g/mol. The molecule has 6 nitrogen and oxygen atoms in total. The van der Waals surface area contributed by atoms with Crippen molar-refractivity contribution >= 4 is 17.9 Å². The van der Waals surface area contributed by atoms with Gasteiger partial charge in [-0.3, -0.25) is 14.4 Å². The molecule has 0 aliphatic carbocycles. The van der Waals surface area contributed by atoms with Gasteiger partial charge in [-0.05, 0) is 70.6 Å². The molecular formula is C60H108O6. The topological polar surface area (TPSA) is 78.9 Å². The average Bonchev–Trinajstić information content (AvgIpc) is 3.31. The maximum atomic E-state index is 12.8. The quantitative estimate of drug-likeness (QED) is 0.0262. The highest BCUT2D eigenvalue weighted by atomic mass is 16.6. The minimum atomic E-state index is -0.783. The molecule has 0 aromatic rings. The van der Waals surface area contributed by atoms with Crippen molar-refractivity contribution in [2.24, 2.45) is 0 Å². The first kappa shape index (κ1) is 63.4. The lowest BCUT2D eigenvalue weighted by Crippen LogP contribution is -2.30. The Morgan fingerprint density at radius 1 is 0.318 bits per heavy atom. The molecule has 0 saturated heterocycles. The Balaban J connectivity index is 4.26. The number of rotatable bonds is 52. The summed E-state index contributed by atoms with van der Waals surface area (Å²) >= 11 is 0. The van der Waals surface area contributed by atoms with Crippen molar-refractivity contribution in [2.75, 3.05) is 13.2 Å². The molecule has 0 radical (unpaired) electrons. The number of ether oxygens (including phenoxy) is 3. The summed E-state index contributed by atoms with van der Waals surface area (Å²) in [4.78, 5) is 38.1. The van der Waals surface area contributed by atoms with E-state index in [0.717, 1.165) is 103 Å². The van der Waals surface area contributed by atoms with E-state index in [1.807, 2.05) is 0 Å². The smallest absolute Gasteiger partial charge is 0.306 e. The second kappa shape index (κ2) is 55.0. The van der Waals surface area contributed by atoms with Crippen molar-refractivity contribution in [3.05, 3.63) is 48.6 Å². The van der Waals surface area contributed by atoms with E-state index in [2.05, 4.69) is 69.4 Å². The third kappa shape index (κ3) is 52.3. The van der Waals surface area contributed by atoms with Crippen LogP contribution in [0.4, 0.5) is 0 Å². The van der Waals surface area contributed by atoms with Crippen LogP contribution in [0, 0.1) is 0 Å². The van der Waals surface area contributed by atoms with Crippen LogP contribution in [0.1, 0.15) is 297 Å². The molecule has 0 aliphatic heterocycles. The first-order valence-corrected chi connectivity index (χ1v) is 28.6. The van der Waals surface area contributed by atoms with Gasteiger partial charge in [0, 0.05) is 19.3 Å². The van der Waals surface area contributed by atoms with Crippen LogP contribution < -0.4 is 0 Å². The van der Waals surface area contributed by atoms with Gasteiger partial charge in [0.25, 0.3) is 0 Å². The van der Waals surface area contributed by atoms with E-state index in [9.17, 15) is 14.4 Å². The van der Waals surface area contributed by atoms with Crippen LogP contribution in [-0.4, -0.2) is 37.2 Å². The molecule has 0 bridgehead atoms. The summed E-state index contributed by atoms with van der Waals surface area (Å²) in [6, 6.07) is 0. The highest BCUT2D eigenvalue weighted by Gasteiger charge is 2.19. The van der Waals surface area contributed by atoms with Crippen molar-refractivity contribution < 1.29 is 28.6 Å². The van der Waals surface area contributed by atoms with E-state index in [4.69, 9.17) is 14.2 Å². The zero-order valence-electron chi connectivity index (χ0n) is 44.0. The van der Waals surface area contributed by atoms with Gasteiger partial charge in [-0.25, -0.2) is 0 Å². The molecule has 1 unspecified atom stereocenters. The van der Waals surface area contributed by atoms with Crippen LogP contribution in [0.25, 0.3) is 0 Å². The Kier molecular flexibility index (Phi) is 52.8. The second-order valence-electron chi connectivity index (χ2n) is 19.2. The molecule has 384 valence electrons. The maximum absolute atomic E-state index is 12.8. The Morgan fingerprint density at radius 3 is 0.985 bits per heavy atom. The van der Waals surface area contributed by atoms with Crippen LogP contribution in [0.15, 0.2) is 48.6 Å². The van der Waals surface area contributed by atoms with Gasteiger partial charge in [-0.15, -0.1) is 0 Å². The van der Waals surface area contributed by atoms with Crippen LogP contribution >= 0.6 is 0 Å². The summed E-state index contributed by atoms with van der Waals surface area (Å²) in [6.45, 7) is 6.50. The average molecular weight is 926 g/mol. The largest absolute Gasteiger partial charge is 0.462 e. The molecule has 0 aromatic heterocycles. The van der Waals surface area contributed by atoms with Crippen molar-refractivity contribution in [3.8, 4) is 0 Å². The number of allylic oxidation sites excluding steroid dienone is 8. The first-order valence-electron chi connectivity index (χ1n) is 28.6. The lowest BCUT2D eigenvalue weighted by molar-refractivity contribution is -0.167. The van der Waals surface area contributed by atoms with Crippen molar-refractivity contribution in [2.45, 2.75) is 303 Å². The van der Waals surface area contributed by atoms with Gasteiger partial charge in [0.2, 0.25) is 0 Å². The van der Waals surface area contributed by atoms with Crippen LogP contribution in [0.2, 0.25) is 0 Å². The third-order valence-electron chi connectivity index (χ3n) is 12.6. The fourth-order valence-corrected chi connectivity index (χ4v) is 8.26. The number of esters is 3. The number of unbranched alkanes of at least 4 members (excludes halogenated alkanes) is 33. The van der Waals surface area contributed by atoms with Gasteiger partial charge < -0.3 is 14.2 Å². The molecule has 0 rings (SSSR count). The monoisotopic (exact) mass is 925 g/mol. The molecule has 0 spiro atoms. The second-order valence-corrected chi connectivity index (χ2v) is 19.2. The normalized spacial score (nSPS) is 12.3. The van der Waals surface area contributed by atoms with E-state index in [-0.39, 0.29) is 31.1 Å². The summed E-state index contributed by atoms with van der Waals surface area (Å²) in [5.41, 5.74) is 0. The predicted molar refractivity (Wildman–Crippen MR) is 284 cm³/mol. The Labute approximate surface area is 409 Å². The molecule has 0 amide bonds.